The molecule has 1 fully saturated rings. The predicted octanol–water partition coefficient (Wildman–Crippen LogP) is -0.0860. The number of hydrogen-bond acceptors (Lipinski definition) is 8. The van der Waals surface area contributed by atoms with E-state index in [1.165, 1.54) is 19.1 Å². The maximum absolute atomic E-state index is 14.1. The van der Waals surface area contributed by atoms with Gasteiger partial charge in [-0.15, -0.1) is 0 Å². The average Bonchev–Trinajstić information content (AvgIpc) is 2.88. The second kappa shape index (κ2) is 11.1. The maximum atomic E-state index is 14.1. The number of nitrogens with one attached hydrogen (secondary N) is 1. The van der Waals surface area contributed by atoms with Crippen molar-refractivity contribution in [1.29, 1.82) is 5.26 Å². The Balaban J connectivity index is 1.73. The Labute approximate surface area is 222 Å². The molecule has 4 heterocycles. The van der Waals surface area contributed by atoms with E-state index in [1.54, 1.807) is 6.07 Å². The van der Waals surface area contributed by atoms with Gasteiger partial charge in [0.05, 0.1) is 12.7 Å². The zero-order valence-corrected chi connectivity index (χ0v) is 22.2. The summed E-state index contributed by atoms with van der Waals surface area (Å²) in [4.78, 5) is 40.4. The molecule has 2 aliphatic rings. The molecule has 14 heteroatoms. The van der Waals surface area contributed by atoms with Crippen LogP contribution in [-0.4, -0.2) is 94.8 Å². The van der Waals surface area contributed by atoms with Crippen LogP contribution < -0.4 is 10.2 Å². The lowest BCUT2D eigenvalue weighted by Crippen LogP contribution is -2.59. The zero-order chi connectivity index (χ0) is 27.6. The van der Waals surface area contributed by atoms with Gasteiger partial charge in [0.15, 0.2) is 0 Å². The zero-order valence-electron chi connectivity index (χ0n) is 22.2. The molecule has 2 aliphatic heterocycles. The summed E-state index contributed by atoms with van der Waals surface area (Å²) >= 11 is 0. The fourth-order valence-corrected chi connectivity index (χ4v) is 4.98. The minimum absolute atomic E-state index is 0.0157. The molecule has 2 aromatic heterocycles. The monoisotopic (exact) mass is 521 g/mol. The number of piperazine rings is 1. The summed E-state index contributed by atoms with van der Waals surface area (Å²) in [6.07, 6.45) is 1.60. The number of aromatic nitrogens is 2. The molecule has 198 valence electrons. The van der Waals surface area contributed by atoms with Crippen molar-refractivity contribution in [3.8, 4) is 6.07 Å². The Morgan fingerprint density at radius 3 is 2.63 bits per heavy atom. The third kappa shape index (κ3) is 5.22. The van der Waals surface area contributed by atoms with Crippen LogP contribution in [0.15, 0.2) is 18.3 Å². The lowest BCUT2D eigenvalue weighted by molar-refractivity contribution is -0.138. The number of nitrogens with zero attached hydrogens (tertiary/aromatic N) is 6. The van der Waals surface area contributed by atoms with Gasteiger partial charge in [-0.1, -0.05) is 0 Å². The van der Waals surface area contributed by atoms with Crippen molar-refractivity contribution in [2.24, 2.45) is 0 Å². The number of likely N-dealkylation sites (N-methyl/N-ethyl adjacent to an activating group) is 1. The fraction of sp³-hybridized carbons (Fsp3) is 0.458. The van der Waals surface area contributed by atoms with Crippen molar-refractivity contribution in [2.75, 3.05) is 57.7 Å². The predicted molar refractivity (Wildman–Crippen MR) is 143 cm³/mol. The number of anilines is 2. The van der Waals surface area contributed by atoms with Gasteiger partial charge in [-0.3, -0.25) is 19.9 Å². The smallest absolute Gasteiger partial charge is 0.328 e. The minimum atomic E-state index is -0.835. The summed E-state index contributed by atoms with van der Waals surface area (Å²) < 4.78 is 25.2. The lowest BCUT2D eigenvalue weighted by Gasteiger charge is -2.45. The van der Waals surface area contributed by atoms with Crippen molar-refractivity contribution < 1.29 is 23.5 Å². The molecule has 1 saturated heterocycles. The Bertz CT molecular complexity index is 1290. The first-order valence-corrected chi connectivity index (χ1v) is 12.3. The number of halogens is 1. The first-order chi connectivity index (χ1) is 18.1. The molecule has 0 bridgehead atoms. The van der Waals surface area contributed by atoms with E-state index < -0.39 is 23.5 Å². The molecule has 0 saturated carbocycles. The Hall–Kier alpha value is -3.53. The number of carbonyl (C=O) groups excluding carboxylic acids is 2. The van der Waals surface area contributed by atoms with Gasteiger partial charge in [0, 0.05) is 45.3 Å². The van der Waals surface area contributed by atoms with Crippen LogP contribution in [0, 0.1) is 17.1 Å². The number of methoxy groups -OCH3 is 2. The van der Waals surface area contributed by atoms with Crippen LogP contribution in [0.2, 0.25) is 0 Å². The van der Waals surface area contributed by atoms with Crippen molar-refractivity contribution >= 4 is 39.3 Å². The topological polar surface area (TPSA) is 124 Å². The maximum Gasteiger partial charge on any atom is 0.328 e. The Morgan fingerprint density at radius 2 is 2.00 bits per heavy atom. The third-order valence-electron chi connectivity index (χ3n) is 7.04. The van der Waals surface area contributed by atoms with E-state index in [4.69, 9.17) is 19.7 Å². The van der Waals surface area contributed by atoms with E-state index in [2.05, 4.69) is 10.3 Å². The molecule has 0 spiro atoms. The van der Waals surface area contributed by atoms with Crippen LogP contribution in [0.3, 0.4) is 0 Å². The Morgan fingerprint density at radius 1 is 1.26 bits per heavy atom. The fourth-order valence-electron chi connectivity index (χ4n) is 4.98. The van der Waals surface area contributed by atoms with Gasteiger partial charge in [-0.05, 0) is 37.1 Å². The summed E-state index contributed by atoms with van der Waals surface area (Å²) in [5.74, 6) is -0.342. The number of carbonyl (C=O) groups is 2. The van der Waals surface area contributed by atoms with Crippen LogP contribution in [0.1, 0.15) is 35.1 Å². The molecule has 1 N–H and O–H groups in total. The molecular formula is C24H30B2FN7O4. The molecular weight excluding hydrogens is 491 g/mol. The first kappa shape index (κ1) is 27.5. The van der Waals surface area contributed by atoms with Crippen molar-refractivity contribution in [1.82, 2.24) is 19.8 Å². The summed E-state index contributed by atoms with van der Waals surface area (Å²) in [6.45, 7) is 2.02. The van der Waals surface area contributed by atoms with Gasteiger partial charge in [0.25, 0.3) is 0 Å². The normalized spacial score (nSPS) is 16.4. The standard InChI is InChI=1S/C24H30B2FN7O4/c1-32-7-8-34(19(35)13-32)24(25,26)16-9-14-5-4-6-33(21(14)31-20(16)22(37-2)38-3)23(36)30-18-10-17(27)15(11-28)12-29-18/h9-10,12,22H,4-8,13,25-26H2,1-3H3,(H,29,30,36). The SMILES string of the molecule is BC(B)(c1cc2c(nc1C(OC)OC)N(C(=O)Nc1cc(F)c(C#N)cn1)CCC2)N1CCN(C)CC1=O. The van der Waals surface area contributed by atoms with Crippen molar-refractivity contribution in [3.63, 3.8) is 0 Å². The number of nitriles is 1. The lowest BCUT2D eigenvalue weighted by atomic mass is 9.56. The van der Waals surface area contributed by atoms with Gasteiger partial charge >= 0.3 is 6.03 Å². The number of ether oxygens (including phenoxy) is 2. The number of urea groups is 1. The van der Waals surface area contributed by atoms with Crippen molar-refractivity contribution in [3.05, 3.63) is 46.5 Å². The molecule has 0 aliphatic carbocycles. The summed E-state index contributed by atoms with van der Waals surface area (Å²) in [5.41, 5.74) is 1.87. The van der Waals surface area contributed by atoms with Gasteiger partial charge in [0.1, 0.15) is 50.5 Å². The van der Waals surface area contributed by atoms with Gasteiger partial charge < -0.3 is 14.4 Å². The highest BCUT2D eigenvalue weighted by Crippen LogP contribution is 2.36. The summed E-state index contributed by atoms with van der Waals surface area (Å²) in [7, 11) is 8.88. The second-order valence-electron chi connectivity index (χ2n) is 9.90. The highest BCUT2D eigenvalue weighted by atomic mass is 19.1. The number of pyridine rings is 2. The van der Waals surface area contributed by atoms with E-state index in [1.807, 2.05) is 38.6 Å². The average molecular weight is 521 g/mol. The largest absolute Gasteiger partial charge is 0.350 e. The molecule has 0 radical (unpaired) electrons. The van der Waals surface area contributed by atoms with Crippen LogP contribution in [0.4, 0.5) is 20.8 Å². The van der Waals surface area contributed by atoms with E-state index >= 15 is 0 Å². The molecule has 3 amide bonds. The van der Waals surface area contributed by atoms with E-state index in [9.17, 15) is 14.0 Å². The summed E-state index contributed by atoms with van der Waals surface area (Å²) in [6, 6.07) is 4.16. The van der Waals surface area contributed by atoms with E-state index in [0.29, 0.717) is 44.0 Å². The highest BCUT2D eigenvalue weighted by molar-refractivity contribution is 6.40. The molecule has 2 aromatic rings. The van der Waals surface area contributed by atoms with E-state index in [-0.39, 0.29) is 17.3 Å². The molecule has 0 atom stereocenters. The highest BCUT2D eigenvalue weighted by Gasteiger charge is 2.39. The van der Waals surface area contributed by atoms with Gasteiger partial charge in [0.2, 0.25) is 12.2 Å². The molecule has 38 heavy (non-hydrogen) atoms. The molecule has 0 aromatic carbocycles. The number of amides is 3. The van der Waals surface area contributed by atoms with Crippen molar-refractivity contribution in [2.45, 2.75) is 24.5 Å². The van der Waals surface area contributed by atoms with Crippen LogP contribution in [0.25, 0.3) is 0 Å². The third-order valence-corrected chi connectivity index (χ3v) is 7.04. The second-order valence-corrected chi connectivity index (χ2v) is 9.90. The number of aryl methyl sites for hydroxylation is 1. The number of hydrogen-bond donors (Lipinski definition) is 1. The Kier molecular flexibility index (Phi) is 8.01. The van der Waals surface area contributed by atoms with Crippen LogP contribution in [0.5, 0.6) is 0 Å². The molecule has 4 rings (SSSR count). The molecule has 11 nitrogen and oxygen atoms in total. The van der Waals surface area contributed by atoms with Crippen LogP contribution >= 0.6 is 0 Å². The number of fused-ring (bicyclic) bond motifs is 1. The first-order valence-electron chi connectivity index (χ1n) is 12.3. The van der Waals surface area contributed by atoms with Gasteiger partial charge in [-0.25, -0.2) is 19.2 Å². The minimum Gasteiger partial charge on any atom is -0.350 e. The van der Waals surface area contributed by atoms with E-state index in [0.717, 1.165) is 29.9 Å². The quantitative estimate of drug-likeness (QED) is 0.414. The van der Waals surface area contributed by atoms with Gasteiger partial charge in [-0.2, -0.15) is 5.26 Å². The molecule has 0 unspecified atom stereocenters. The number of rotatable bonds is 6. The summed E-state index contributed by atoms with van der Waals surface area (Å²) in [5, 5.41) is 10.8. The van der Waals surface area contributed by atoms with Crippen LogP contribution in [-0.2, 0) is 26.0 Å².